The van der Waals surface area contributed by atoms with Crippen LogP contribution in [0, 0.1) is 0 Å². The van der Waals surface area contributed by atoms with Crippen LogP contribution in [0.5, 0.6) is 5.88 Å². The molecule has 0 radical (unpaired) electrons. The number of nitrogens with zero attached hydrogens (tertiary/aromatic N) is 7. The molecule has 0 bridgehead atoms. The van der Waals surface area contributed by atoms with E-state index in [1.54, 1.807) is 34.8 Å². The van der Waals surface area contributed by atoms with E-state index in [1.165, 1.54) is 6.33 Å². The molecule has 0 saturated carbocycles. The highest BCUT2D eigenvalue weighted by Gasteiger charge is 2.15. The zero-order chi connectivity index (χ0) is 21.4. The van der Waals surface area contributed by atoms with Crippen LogP contribution in [0.25, 0.3) is 22.3 Å². The second-order valence-electron chi connectivity index (χ2n) is 6.74. The van der Waals surface area contributed by atoms with Gasteiger partial charge in [0, 0.05) is 45.0 Å². The van der Waals surface area contributed by atoms with E-state index in [9.17, 15) is 9.90 Å². The number of rotatable bonds is 6. The Bertz CT molecular complexity index is 1280. The predicted octanol–water partition coefficient (Wildman–Crippen LogP) is 2.53. The van der Waals surface area contributed by atoms with Gasteiger partial charge >= 0.3 is 0 Å². The van der Waals surface area contributed by atoms with Crippen LogP contribution in [0.3, 0.4) is 0 Å². The van der Waals surface area contributed by atoms with Gasteiger partial charge in [-0.3, -0.25) is 14.5 Å². The van der Waals surface area contributed by atoms with Crippen LogP contribution in [0.1, 0.15) is 16.9 Å². The Hall–Kier alpha value is -3.47. The molecule has 30 heavy (non-hydrogen) atoms. The number of aryl methyl sites for hydroxylation is 2. The summed E-state index contributed by atoms with van der Waals surface area (Å²) in [5.74, 6) is -0.585. The zero-order valence-electron chi connectivity index (χ0n) is 16.3. The van der Waals surface area contributed by atoms with Crippen molar-refractivity contribution < 1.29 is 9.90 Å². The molecule has 0 aliphatic heterocycles. The quantitative estimate of drug-likeness (QED) is 0.418. The minimum atomic E-state index is -0.530. The first-order valence-corrected chi connectivity index (χ1v) is 9.86. The molecular weight excluding hydrogens is 452 g/mol. The largest absolute Gasteiger partial charge is 0.492 e. The number of amides is 1. The summed E-state index contributed by atoms with van der Waals surface area (Å²) in [5, 5.41) is 14.4. The van der Waals surface area contributed by atoms with Crippen molar-refractivity contribution in [2.45, 2.75) is 13.0 Å². The number of aromatic nitrogens is 6. The van der Waals surface area contributed by atoms with Gasteiger partial charge in [0.1, 0.15) is 17.5 Å². The van der Waals surface area contributed by atoms with Crippen molar-refractivity contribution >= 4 is 44.8 Å². The second kappa shape index (κ2) is 7.75. The van der Waals surface area contributed by atoms with E-state index < -0.39 is 5.91 Å². The SMILES string of the molecule is Cn1c(Br)cc(/N=C\CCn2cc(-c3cc4ncnc(O)c4n3C)cn2)c1C(N)=O. The summed E-state index contributed by atoms with van der Waals surface area (Å²) in [7, 11) is 3.59. The second-order valence-corrected chi connectivity index (χ2v) is 7.55. The van der Waals surface area contributed by atoms with E-state index in [-0.39, 0.29) is 5.88 Å². The number of nitrogens with two attached hydrogens (primary N) is 1. The van der Waals surface area contributed by atoms with Crippen LogP contribution in [0.2, 0.25) is 0 Å². The maximum absolute atomic E-state index is 11.6. The smallest absolute Gasteiger partial charge is 0.267 e. The number of primary amides is 1. The van der Waals surface area contributed by atoms with E-state index in [4.69, 9.17) is 5.73 Å². The Morgan fingerprint density at radius 2 is 2.10 bits per heavy atom. The van der Waals surface area contributed by atoms with E-state index in [2.05, 4.69) is 36.0 Å². The summed E-state index contributed by atoms with van der Waals surface area (Å²) in [6.07, 6.45) is 7.36. The third-order valence-corrected chi connectivity index (χ3v) is 5.60. The molecule has 4 aromatic rings. The lowest BCUT2D eigenvalue weighted by Gasteiger charge is -2.02. The van der Waals surface area contributed by atoms with E-state index in [0.29, 0.717) is 35.4 Å². The fourth-order valence-corrected chi connectivity index (χ4v) is 3.75. The van der Waals surface area contributed by atoms with Gasteiger partial charge in [-0.25, -0.2) is 9.97 Å². The molecule has 0 aliphatic rings. The van der Waals surface area contributed by atoms with Crippen LogP contribution < -0.4 is 5.73 Å². The molecule has 0 fully saturated rings. The Morgan fingerprint density at radius 3 is 2.83 bits per heavy atom. The maximum atomic E-state index is 11.6. The molecule has 0 spiro atoms. The van der Waals surface area contributed by atoms with Gasteiger partial charge in [0.05, 0.1) is 27.7 Å². The molecule has 0 saturated heterocycles. The monoisotopic (exact) mass is 470 g/mol. The van der Waals surface area contributed by atoms with Crippen LogP contribution in [-0.2, 0) is 20.6 Å². The van der Waals surface area contributed by atoms with Crippen molar-refractivity contribution in [1.82, 2.24) is 28.9 Å². The number of hydrogen-bond acceptors (Lipinski definition) is 6. The van der Waals surface area contributed by atoms with Crippen LogP contribution in [-0.4, -0.2) is 46.1 Å². The molecule has 154 valence electrons. The zero-order valence-corrected chi connectivity index (χ0v) is 17.9. The molecule has 1 amide bonds. The minimum Gasteiger partial charge on any atom is -0.492 e. The van der Waals surface area contributed by atoms with Crippen molar-refractivity contribution in [3.63, 3.8) is 0 Å². The summed E-state index contributed by atoms with van der Waals surface area (Å²) in [4.78, 5) is 24.0. The summed E-state index contributed by atoms with van der Waals surface area (Å²) in [5.41, 5.74) is 9.32. The first kappa shape index (κ1) is 19.8. The highest BCUT2D eigenvalue weighted by molar-refractivity contribution is 9.10. The van der Waals surface area contributed by atoms with Crippen LogP contribution in [0.4, 0.5) is 5.69 Å². The third kappa shape index (κ3) is 3.47. The van der Waals surface area contributed by atoms with Gasteiger partial charge in [-0.2, -0.15) is 5.10 Å². The van der Waals surface area contributed by atoms with Crippen LogP contribution in [0.15, 0.2) is 40.4 Å². The molecular formula is C19H19BrN8O2. The molecule has 4 heterocycles. The number of carbonyl (C=O) groups is 1. The highest BCUT2D eigenvalue weighted by Crippen LogP contribution is 2.29. The van der Waals surface area contributed by atoms with E-state index in [0.717, 1.165) is 15.9 Å². The minimum absolute atomic E-state index is 0.0553. The van der Waals surface area contributed by atoms with Gasteiger partial charge in [0.25, 0.3) is 5.91 Å². The van der Waals surface area contributed by atoms with Gasteiger partial charge in [-0.15, -0.1) is 0 Å². The Morgan fingerprint density at radius 1 is 1.30 bits per heavy atom. The summed E-state index contributed by atoms with van der Waals surface area (Å²) < 4.78 is 6.03. The predicted molar refractivity (Wildman–Crippen MR) is 116 cm³/mol. The van der Waals surface area contributed by atoms with Gasteiger partial charge < -0.3 is 20.0 Å². The number of carbonyl (C=O) groups excluding carboxylic acids is 1. The van der Waals surface area contributed by atoms with E-state index in [1.807, 2.05) is 23.9 Å². The Balaban J connectivity index is 1.48. The Labute approximate surface area is 179 Å². The fourth-order valence-electron chi connectivity index (χ4n) is 3.35. The summed E-state index contributed by atoms with van der Waals surface area (Å²) in [6, 6.07) is 3.64. The average Bonchev–Trinajstić information content (AvgIpc) is 3.36. The topological polar surface area (TPSA) is 129 Å². The van der Waals surface area contributed by atoms with Crippen molar-refractivity contribution in [2.24, 2.45) is 24.8 Å². The van der Waals surface area contributed by atoms with Crippen LogP contribution >= 0.6 is 15.9 Å². The molecule has 10 nitrogen and oxygen atoms in total. The molecule has 11 heteroatoms. The summed E-state index contributed by atoms with van der Waals surface area (Å²) in [6.45, 7) is 0.610. The van der Waals surface area contributed by atoms with Gasteiger partial charge in [0.15, 0.2) is 0 Å². The molecule has 4 rings (SSSR count). The number of fused-ring (bicyclic) bond motifs is 1. The molecule has 4 aromatic heterocycles. The lowest BCUT2D eigenvalue weighted by molar-refractivity contribution is 0.0993. The van der Waals surface area contributed by atoms with Gasteiger partial charge in [-0.1, -0.05) is 0 Å². The standard InChI is InChI=1S/C19H19BrN8O2/c1-26-14(6-12-17(26)19(30)24-10-23-12)11-8-25-28(9-11)5-3-4-22-13-7-15(20)27(2)16(13)18(21)29/h4,6-10H,3,5H2,1-2H3,(H2,21,29)(H,23,24,30)/b22-4-. The lowest BCUT2D eigenvalue weighted by atomic mass is 10.2. The highest BCUT2D eigenvalue weighted by atomic mass is 79.9. The number of halogens is 1. The van der Waals surface area contributed by atoms with Crippen molar-refractivity contribution in [1.29, 1.82) is 0 Å². The number of hydrogen-bond donors (Lipinski definition) is 2. The molecule has 0 aromatic carbocycles. The third-order valence-electron chi connectivity index (χ3n) is 4.84. The number of aromatic hydroxyl groups is 1. The Kier molecular flexibility index (Phi) is 5.12. The maximum Gasteiger partial charge on any atom is 0.267 e. The van der Waals surface area contributed by atoms with Crippen molar-refractivity contribution in [3.8, 4) is 17.1 Å². The molecule has 0 aliphatic carbocycles. The normalized spacial score (nSPS) is 11.7. The molecule has 0 atom stereocenters. The first-order valence-electron chi connectivity index (χ1n) is 9.06. The molecule has 3 N–H and O–H groups in total. The van der Waals surface area contributed by atoms with Gasteiger partial charge in [0.2, 0.25) is 5.88 Å². The average molecular weight is 471 g/mol. The van der Waals surface area contributed by atoms with Gasteiger partial charge in [-0.05, 0) is 28.1 Å². The van der Waals surface area contributed by atoms with E-state index >= 15 is 0 Å². The summed E-state index contributed by atoms with van der Waals surface area (Å²) >= 11 is 3.37. The first-order chi connectivity index (χ1) is 14.4. The van der Waals surface area contributed by atoms with Crippen molar-refractivity contribution in [3.05, 3.63) is 41.2 Å². The number of aliphatic imine (C=N–C) groups is 1. The lowest BCUT2D eigenvalue weighted by Crippen LogP contribution is -2.15. The fraction of sp³-hybridized carbons (Fsp3) is 0.211. The molecule has 0 unspecified atom stereocenters. The van der Waals surface area contributed by atoms with Crippen molar-refractivity contribution in [2.75, 3.05) is 0 Å².